The van der Waals surface area contributed by atoms with Gasteiger partial charge in [-0.05, 0) is 67.4 Å². The van der Waals surface area contributed by atoms with E-state index < -0.39 is 5.41 Å². The van der Waals surface area contributed by atoms with E-state index in [9.17, 15) is 9.59 Å². The number of nitrogens with zero attached hydrogens (tertiary/aromatic N) is 1. The molecule has 2 aromatic carbocycles. The number of anilines is 2. The monoisotopic (exact) mass is 563 g/mol. The highest BCUT2D eigenvalue weighted by molar-refractivity contribution is 7.17. The van der Waals surface area contributed by atoms with E-state index in [1.807, 2.05) is 32.0 Å². The molecule has 1 aliphatic rings. The van der Waals surface area contributed by atoms with Gasteiger partial charge in [-0.15, -0.1) is 11.3 Å². The van der Waals surface area contributed by atoms with Crippen LogP contribution in [0.3, 0.4) is 0 Å². The first kappa shape index (κ1) is 30.1. The number of aryl methyl sites for hydroxylation is 1. The SMILES string of the molecule is CCCCCCC(C)(C)C(=O)N1C(=O)CCc2ccc(OCCCCNCCNc3cccc4sccc34)cc21. The van der Waals surface area contributed by atoms with E-state index in [1.165, 1.54) is 27.1 Å². The van der Waals surface area contributed by atoms with Crippen LogP contribution in [0.1, 0.15) is 77.7 Å². The van der Waals surface area contributed by atoms with Gasteiger partial charge in [0, 0.05) is 46.8 Å². The zero-order valence-electron chi connectivity index (χ0n) is 24.4. The molecule has 0 fully saturated rings. The van der Waals surface area contributed by atoms with Crippen LogP contribution in [0.2, 0.25) is 0 Å². The van der Waals surface area contributed by atoms with Crippen molar-refractivity contribution in [2.45, 2.75) is 78.6 Å². The third kappa shape index (κ3) is 7.85. The van der Waals surface area contributed by atoms with E-state index in [2.05, 4.69) is 47.2 Å². The fourth-order valence-electron chi connectivity index (χ4n) is 5.27. The molecule has 2 amide bonds. The zero-order valence-corrected chi connectivity index (χ0v) is 25.2. The fraction of sp³-hybridized carbons (Fsp3) is 0.515. The average molecular weight is 564 g/mol. The third-order valence-electron chi connectivity index (χ3n) is 7.72. The van der Waals surface area contributed by atoms with Crippen molar-refractivity contribution in [3.05, 3.63) is 53.4 Å². The number of hydrogen-bond donors (Lipinski definition) is 2. The molecule has 1 aliphatic heterocycles. The summed E-state index contributed by atoms with van der Waals surface area (Å²) in [6.45, 7) is 9.44. The maximum atomic E-state index is 13.6. The van der Waals surface area contributed by atoms with Crippen LogP contribution in [0.25, 0.3) is 10.1 Å². The lowest BCUT2D eigenvalue weighted by atomic mass is 9.84. The van der Waals surface area contributed by atoms with E-state index in [1.54, 1.807) is 11.3 Å². The molecule has 0 atom stereocenters. The highest BCUT2D eigenvalue weighted by atomic mass is 32.1. The van der Waals surface area contributed by atoms with Crippen LogP contribution in [-0.2, 0) is 16.0 Å². The molecule has 7 heteroatoms. The van der Waals surface area contributed by atoms with Crippen LogP contribution in [0, 0.1) is 5.41 Å². The number of nitrogens with one attached hydrogen (secondary N) is 2. The Kier molecular flexibility index (Phi) is 11.0. The second kappa shape index (κ2) is 14.6. The Hall–Kier alpha value is -2.90. The van der Waals surface area contributed by atoms with Crippen molar-refractivity contribution < 1.29 is 14.3 Å². The summed E-state index contributed by atoms with van der Waals surface area (Å²) in [5.74, 6) is 0.510. The quantitative estimate of drug-likeness (QED) is 0.176. The number of amides is 2. The Labute approximate surface area is 243 Å². The summed E-state index contributed by atoms with van der Waals surface area (Å²) in [4.78, 5) is 27.9. The van der Waals surface area contributed by atoms with E-state index in [-0.39, 0.29) is 11.8 Å². The number of carbonyl (C=O) groups is 2. The molecule has 2 heterocycles. The van der Waals surface area contributed by atoms with E-state index in [0.29, 0.717) is 30.9 Å². The molecule has 3 aromatic rings. The smallest absolute Gasteiger partial charge is 0.239 e. The predicted octanol–water partition coefficient (Wildman–Crippen LogP) is 7.56. The summed E-state index contributed by atoms with van der Waals surface area (Å²) in [6.07, 6.45) is 8.23. The highest BCUT2D eigenvalue weighted by Gasteiger charge is 2.38. The molecular formula is C33H45N3O3S. The Bertz CT molecular complexity index is 1270. The molecule has 40 heavy (non-hydrogen) atoms. The van der Waals surface area contributed by atoms with Gasteiger partial charge in [-0.2, -0.15) is 0 Å². The lowest BCUT2D eigenvalue weighted by molar-refractivity contribution is -0.132. The number of thiophene rings is 1. The zero-order chi connectivity index (χ0) is 28.4. The largest absolute Gasteiger partial charge is 0.494 e. The number of imide groups is 1. The standard InChI is InChI=1S/C33H45N3O3S/c1-4-5-6-7-18-33(2,3)32(38)36-29-24-26(15-13-25(29)14-16-31(36)37)39-22-9-8-19-34-20-21-35-28-11-10-12-30-27(28)17-23-40-30/h10-13,15,17,23-24,34-35H,4-9,14,16,18-22H2,1-3H3. The normalized spacial score (nSPS) is 13.5. The molecular weight excluding hydrogens is 518 g/mol. The van der Waals surface area contributed by atoms with Crippen molar-refractivity contribution in [3.8, 4) is 5.75 Å². The Morgan fingerprint density at radius 2 is 1.88 bits per heavy atom. The van der Waals surface area contributed by atoms with Gasteiger partial charge in [0.1, 0.15) is 5.75 Å². The molecule has 0 bridgehead atoms. The van der Waals surface area contributed by atoms with Crippen LogP contribution in [0.15, 0.2) is 47.8 Å². The van der Waals surface area contributed by atoms with Gasteiger partial charge in [-0.3, -0.25) is 9.59 Å². The molecule has 0 spiro atoms. The minimum absolute atomic E-state index is 0.0975. The summed E-state index contributed by atoms with van der Waals surface area (Å²) < 4.78 is 7.35. The molecule has 4 rings (SSSR count). The Balaban J connectivity index is 1.20. The summed E-state index contributed by atoms with van der Waals surface area (Å²) in [6, 6.07) is 14.4. The summed E-state index contributed by atoms with van der Waals surface area (Å²) in [5.41, 5.74) is 2.36. The lowest BCUT2D eigenvalue weighted by Crippen LogP contribution is -2.47. The van der Waals surface area contributed by atoms with Crippen molar-refractivity contribution in [3.63, 3.8) is 0 Å². The number of hydrogen-bond acceptors (Lipinski definition) is 6. The van der Waals surface area contributed by atoms with Gasteiger partial charge in [0.2, 0.25) is 11.8 Å². The van der Waals surface area contributed by atoms with E-state index >= 15 is 0 Å². The number of benzene rings is 2. The van der Waals surface area contributed by atoms with Crippen LogP contribution in [-0.4, -0.2) is 38.1 Å². The first-order chi connectivity index (χ1) is 19.4. The third-order valence-corrected chi connectivity index (χ3v) is 8.60. The summed E-state index contributed by atoms with van der Waals surface area (Å²) >= 11 is 1.77. The van der Waals surface area contributed by atoms with Gasteiger partial charge < -0.3 is 15.4 Å². The van der Waals surface area contributed by atoms with E-state index in [0.717, 1.165) is 63.7 Å². The molecule has 0 saturated heterocycles. The van der Waals surface area contributed by atoms with Crippen molar-refractivity contribution in [1.82, 2.24) is 5.32 Å². The first-order valence-corrected chi connectivity index (χ1v) is 15.8. The fourth-order valence-corrected chi connectivity index (χ4v) is 6.08. The maximum Gasteiger partial charge on any atom is 0.239 e. The lowest BCUT2D eigenvalue weighted by Gasteiger charge is -2.34. The van der Waals surface area contributed by atoms with Crippen LogP contribution in [0.5, 0.6) is 5.75 Å². The van der Waals surface area contributed by atoms with Crippen LogP contribution in [0.4, 0.5) is 11.4 Å². The number of unbranched alkanes of at least 4 members (excludes halogenated alkanes) is 4. The summed E-state index contributed by atoms with van der Waals surface area (Å²) in [7, 11) is 0. The average Bonchev–Trinajstić information content (AvgIpc) is 3.44. The predicted molar refractivity (Wildman–Crippen MR) is 168 cm³/mol. The second-order valence-corrected chi connectivity index (χ2v) is 12.3. The van der Waals surface area contributed by atoms with Crippen molar-refractivity contribution in [1.29, 1.82) is 0 Å². The van der Waals surface area contributed by atoms with E-state index in [4.69, 9.17) is 4.74 Å². The molecule has 0 radical (unpaired) electrons. The van der Waals surface area contributed by atoms with Crippen molar-refractivity contribution in [2.75, 3.05) is 36.5 Å². The molecule has 6 nitrogen and oxygen atoms in total. The number of ether oxygens (including phenoxy) is 1. The van der Waals surface area contributed by atoms with Crippen molar-refractivity contribution >= 4 is 44.6 Å². The van der Waals surface area contributed by atoms with Crippen LogP contribution < -0.4 is 20.3 Å². The first-order valence-electron chi connectivity index (χ1n) is 14.9. The Morgan fingerprint density at radius 3 is 2.73 bits per heavy atom. The van der Waals surface area contributed by atoms with Crippen molar-refractivity contribution in [2.24, 2.45) is 5.41 Å². The summed E-state index contributed by atoms with van der Waals surface area (Å²) in [5, 5.41) is 10.4. The maximum absolute atomic E-state index is 13.6. The number of carbonyl (C=O) groups excluding carboxylic acids is 2. The molecule has 216 valence electrons. The number of rotatable bonds is 16. The van der Waals surface area contributed by atoms with Gasteiger partial charge in [0.05, 0.1) is 12.3 Å². The Morgan fingerprint density at radius 1 is 1.00 bits per heavy atom. The van der Waals surface area contributed by atoms with Gasteiger partial charge >= 0.3 is 0 Å². The topological polar surface area (TPSA) is 70.7 Å². The van der Waals surface area contributed by atoms with Crippen LogP contribution >= 0.6 is 11.3 Å². The van der Waals surface area contributed by atoms with Gasteiger partial charge in [-0.25, -0.2) is 4.90 Å². The molecule has 0 aliphatic carbocycles. The van der Waals surface area contributed by atoms with Gasteiger partial charge in [0.25, 0.3) is 0 Å². The molecule has 2 N–H and O–H groups in total. The molecule has 1 aromatic heterocycles. The van der Waals surface area contributed by atoms with Gasteiger partial charge in [0.15, 0.2) is 0 Å². The second-order valence-electron chi connectivity index (χ2n) is 11.4. The molecule has 0 unspecified atom stereocenters. The minimum Gasteiger partial charge on any atom is -0.494 e. The highest BCUT2D eigenvalue weighted by Crippen LogP contribution is 2.36. The number of fused-ring (bicyclic) bond motifs is 2. The molecule has 0 saturated carbocycles. The van der Waals surface area contributed by atoms with Gasteiger partial charge in [-0.1, -0.05) is 58.6 Å². The minimum atomic E-state index is -0.575.